The molecule has 0 bridgehead atoms. The summed E-state index contributed by atoms with van der Waals surface area (Å²) in [5.74, 6) is 0.467. The lowest BCUT2D eigenvalue weighted by atomic mass is 9.90. The van der Waals surface area contributed by atoms with Crippen molar-refractivity contribution in [3.63, 3.8) is 0 Å². The zero-order chi connectivity index (χ0) is 17.5. The van der Waals surface area contributed by atoms with E-state index >= 15 is 0 Å². The average Bonchev–Trinajstić information content (AvgIpc) is 2.58. The zero-order valence-electron chi connectivity index (χ0n) is 14.0. The second kappa shape index (κ2) is 8.49. The number of likely N-dealkylation sites (tertiary alicyclic amines) is 1. The second-order valence-electron chi connectivity index (χ2n) is 6.11. The highest BCUT2D eigenvalue weighted by molar-refractivity contribution is 5.92. The molecule has 1 aromatic carbocycles. The van der Waals surface area contributed by atoms with Crippen LogP contribution in [0, 0.1) is 5.92 Å². The van der Waals surface area contributed by atoms with Gasteiger partial charge in [-0.1, -0.05) is 19.1 Å². The van der Waals surface area contributed by atoms with Crippen molar-refractivity contribution in [2.24, 2.45) is 17.4 Å². The monoisotopic (exact) mass is 331 g/mol. The van der Waals surface area contributed by atoms with Crippen molar-refractivity contribution in [3.05, 3.63) is 35.9 Å². The lowest BCUT2D eigenvalue weighted by Gasteiger charge is -2.38. The highest BCUT2D eigenvalue weighted by Crippen LogP contribution is 2.23. The van der Waals surface area contributed by atoms with Crippen LogP contribution in [0.5, 0.6) is 5.75 Å². The number of primary amides is 1. The molecule has 0 radical (unpaired) electrons. The van der Waals surface area contributed by atoms with E-state index in [4.69, 9.17) is 16.2 Å². The number of carbonyl (C=O) groups excluding carboxylic acids is 2. The molecule has 2 unspecified atom stereocenters. The number of hydrogen-bond acceptors (Lipinski definition) is 4. The number of piperidine rings is 1. The van der Waals surface area contributed by atoms with Crippen molar-refractivity contribution in [3.8, 4) is 5.75 Å². The van der Waals surface area contributed by atoms with Crippen LogP contribution in [0.2, 0.25) is 0 Å². The Kier molecular flexibility index (Phi) is 6.37. The molecule has 24 heavy (non-hydrogen) atoms. The molecule has 130 valence electrons. The minimum Gasteiger partial charge on any atom is -0.484 e. The lowest BCUT2D eigenvalue weighted by molar-refractivity contribution is -0.130. The van der Waals surface area contributed by atoms with Crippen LogP contribution in [0.15, 0.2) is 30.3 Å². The van der Waals surface area contributed by atoms with Gasteiger partial charge in [-0.2, -0.15) is 0 Å². The molecule has 6 heteroatoms. The maximum Gasteiger partial charge on any atom is 0.255 e. The van der Waals surface area contributed by atoms with Crippen molar-refractivity contribution in [2.45, 2.75) is 25.8 Å². The van der Waals surface area contributed by atoms with Gasteiger partial charge < -0.3 is 21.1 Å². The SMILES string of the molecule is CC1CCCN(C(=O)/C=C/c2ccc(OCC(N)=O)cc2)C1CN. The van der Waals surface area contributed by atoms with Crippen LogP contribution in [0.1, 0.15) is 25.3 Å². The summed E-state index contributed by atoms with van der Waals surface area (Å²) in [7, 11) is 0. The first-order valence-corrected chi connectivity index (χ1v) is 8.21. The van der Waals surface area contributed by atoms with Gasteiger partial charge in [0.25, 0.3) is 5.91 Å². The third-order valence-electron chi connectivity index (χ3n) is 4.32. The van der Waals surface area contributed by atoms with Gasteiger partial charge in [0.15, 0.2) is 6.61 Å². The molecule has 0 spiro atoms. The first kappa shape index (κ1) is 18.0. The smallest absolute Gasteiger partial charge is 0.255 e. The molecule has 0 aromatic heterocycles. The predicted octanol–water partition coefficient (Wildman–Crippen LogP) is 1.15. The van der Waals surface area contributed by atoms with Crippen molar-refractivity contribution in [1.29, 1.82) is 0 Å². The Hall–Kier alpha value is -2.34. The third-order valence-corrected chi connectivity index (χ3v) is 4.32. The minimum absolute atomic E-state index is 0.00828. The second-order valence-corrected chi connectivity index (χ2v) is 6.11. The molecular formula is C18H25N3O3. The summed E-state index contributed by atoms with van der Waals surface area (Å²) in [5.41, 5.74) is 11.7. The van der Waals surface area contributed by atoms with E-state index in [1.165, 1.54) is 0 Å². The maximum absolute atomic E-state index is 12.4. The normalized spacial score (nSPS) is 21.0. The van der Waals surface area contributed by atoms with Gasteiger partial charge in [0.2, 0.25) is 5.91 Å². The minimum atomic E-state index is -0.519. The quantitative estimate of drug-likeness (QED) is 0.764. The van der Waals surface area contributed by atoms with E-state index in [-0.39, 0.29) is 18.6 Å². The summed E-state index contributed by atoms with van der Waals surface area (Å²) >= 11 is 0. The highest BCUT2D eigenvalue weighted by atomic mass is 16.5. The molecule has 2 rings (SSSR count). The zero-order valence-corrected chi connectivity index (χ0v) is 14.0. The fraction of sp³-hybridized carbons (Fsp3) is 0.444. The van der Waals surface area contributed by atoms with E-state index in [1.807, 2.05) is 17.0 Å². The van der Waals surface area contributed by atoms with Crippen molar-refractivity contribution in [1.82, 2.24) is 4.90 Å². The van der Waals surface area contributed by atoms with E-state index in [9.17, 15) is 9.59 Å². The van der Waals surface area contributed by atoms with Crippen LogP contribution in [0.4, 0.5) is 0 Å². The van der Waals surface area contributed by atoms with Gasteiger partial charge in [-0.15, -0.1) is 0 Å². The van der Waals surface area contributed by atoms with Gasteiger partial charge in [-0.05, 0) is 42.5 Å². The van der Waals surface area contributed by atoms with Crippen LogP contribution in [0.3, 0.4) is 0 Å². The molecule has 4 N–H and O–H groups in total. The predicted molar refractivity (Wildman–Crippen MR) is 93.1 cm³/mol. The summed E-state index contributed by atoms with van der Waals surface area (Å²) in [5, 5.41) is 0. The number of benzene rings is 1. The summed E-state index contributed by atoms with van der Waals surface area (Å²) in [6.45, 7) is 3.24. The van der Waals surface area contributed by atoms with Crippen LogP contribution in [-0.4, -0.2) is 42.5 Å². The first-order valence-electron chi connectivity index (χ1n) is 8.21. The Bertz CT molecular complexity index is 598. The number of carbonyl (C=O) groups is 2. The molecule has 1 saturated heterocycles. The topological polar surface area (TPSA) is 98.6 Å². The fourth-order valence-electron chi connectivity index (χ4n) is 2.98. The first-order chi connectivity index (χ1) is 11.5. The molecule has 1 fully saturated rings. The Morgan fingerprint density at radius 2 is 2.04 bits per heavy atom. The Labute approximate surface area is 142 Å². The van der Waals surface area contributed by atoms with Crippen LogP contribution >= 0.6 is 0 Å². The van der Waals surface area contributed by atoms with Gasteiger partial charge >= 0.3 is 0 Å². The Morgan fingerprint density at radius 1 is 1.33 bits per heavy atom. The molecule has 0 saturated carbocycles. The Balaban J connectivity index is 1.96. The molecule has 1 heterocycles. The molecule has 2 amide bonds. The molecule has 2 atom stereocenters. The van der Waals surface area contributed by atoms with Crippen molar-refractivity contribution in [2.75, 3.05) is 19.7 Å². The van der Waals surface area contributed by atoms with Crippen molar-refractivity contribution >= 4 is 17.9 Å². The summed E-state index contributed by atoms with van der Waals surface area (Å²) < 4.78 is 5.20. The number of rotatable bonds is 6. The number of hydrogen-bond donors (Lipinski definition) is 2. The molecule has 1 aliphatic rings. The van der Waals surface area contributed by atoms with E-state index < -0.39 is 5.91 Å². The molecule has 1 aromatic rings. The molecule has 1 aliphatic heterocycles. The Morgan fingerprint density at radius 3 is 2.67 bits per heavy atom. The maximum atomic E-state index is 12.4. The van der Waals surface area contributed by atoms with E-state index in [1.54, 1.807) is 24.3 Å². The van der Waals surface area contributed by atoms with Gasteiger partial charge in [-0.3, -0.25) is 9.59 Å². The number of nitrogens with two attached hydrogens (primary N) is 2. The van der Waals surface area contributed by atoms with Gasteiger partial charge in [0.1, 0.15) is 5.75 Å². The number of nitrogens with zero attached hydrogens (tertiary/aromatic N) is 1. The average molecular weight is 331 g/mol. The summed E-state index contributed by atoms with van der Waals surface area (Å²) in [6, 6.07) is 7.22. The summed E-state index contributed by atoms with van der Waals surface area (Å²) in [4.78, 5) is 25.0. The molecule has 6 nitrogen and oxygen atoms in total. The van der Waals surface area contributed by atoms with E-state index in [0.717, 1.165) is 24.9 Å². The molecule has 0 aliphatic carbocycles. The number of amides is 2. The fourth-order valence-corrected chi connectivity index (χ4v) is 2.98. The van der Waals surface area contributed by atoms with Gasteiger partial charge in [0.05, 0.1) is 0 Å². The van der Waals surface area contributed by atoms with Crippen LogP contribution < -0.4 is 16.2 Å². The highest BCUT2D eigenvalue weighted by Gasteiger charge is 2.29. The van der Waals surface area contributed by atoms with E-state index in [2.05, 4.69) is 6.92 Å². The van der Waals surface area contributed by atoms with Crippen LogP contribution in [-0.2, 0) is 9.59 Å². The van der Waals surface area contributed by atoms with Crippen LogP contribution in [0.25, 0.3) is 6.08 Å². The van der Waals surface area contributed by atoms with E-state index in [0.29, 0.717) is 18.2 Å². The largest absolute Gasteiger partial charge is 0.484 e. The summed E-state index contributed by atoms with van der Waals surface area (Å²) in [6.07, 6.45) is 5.48. The molecular weight excluding hydrogens is 306 g/mol. The van der Waals surface area contributed by atoms with Gasteiger partial charge in [0, 0.05) is 25.2 Å². The lowest BCUT2D eigenvalue weighted by Crippen LogP contribution is -2.50. The van der Waals surface area contributed by atoms with Gasteiger partial charge in [-0.25, -0.2) is 0 Å². The standard InChI is InChI=1S/C18H25N3O3/c1-13-3-2-10-21(16(13)11-19)18(23)9-6-14-4-7-15(8-5-14)24-12-17(20)22/h4-9,13,16H,2-3,10-12,19H2,1H3,(H2,20,22)/b9-6+. The number of ether oxygens (including phenoxy) is 1. The van der Waals surface area contributed by atoms with Crippen molar-refractivity contribution < 1.29 is 14.3 Å². The third kappa shape index (κ3) is 4.83.